The van der Waals surface area contributed by atoms with Gasteiger partial charge in [0.2, 0.25) is 0 Å². The van der Waals surface area contributed by atoms with Crippen molar-refractivity contribution >= 4 is 61.2 Å². The summed E-state index contributed by atoms with van der Waals surface area (Å²) in [6.07, 6.45) is 4.87. The fourth-order valence-corrected chi connectivity index (χ4v) is 6.50. The third-order valence-electron chi connectivity index (χ3n) is 5.37. The van der Waals surface area contributed by atoms with Gasteiger partial charge >= 0.3 is 0 Å². The van der Waals surface area contributed by atoms with Gasteiger partial charge in [0, 0.05) is 4.88 Å². The van der Waals surface area contributed by atoms with E-state index in [9.17, 15) is 18.5 Å². The number of fused-ring (bicyclic) bond motifs is 1. The third kappa shape index (κ3) is 5.02. The minimum Gasteiger partial charge on any atom is -0.312 e. The average Bonchev–Trinajstić information content (AvgIpc) is 2.94. The Hall–Kier alpha value is -2.57. The fraction of sp³-hybridized carbons (Fsp3) is 0.217. The van der Waals surface area contributed by atoms with Crippen molar-refractivity contribution in [2.45, 2.75) is 37.0 Å². The summed E-state index contributed by atoms with van der Waals surface area (Å²) in [5.74, 6) is -0.581. The van der Waals surface area contributed by atoms with Crippen molar-refractivity contribution in [2.24, 2.45) is 0 Å². The Morgan fingerprint density at radius 3 is 2.55 bits per heavy atom. The Labute approximate surface area is 206 Å². The van der Waals surface area contributed by atoms with Crippen LogP contribution in [0.5, 0.6) is 0 Å². The zero-order chi connectivity index (χ0) is 23.6. The van der Waals surface area contributed by atoms with Crippen LogP contribution in [0.1, 0.15) is 45.6 Å². The van der Waals surface area contributed by atoms with Gasteiger partial charge in [-0.3, -0.25) is 9.52 Å². The van der Waals surface area contributed by atoms with Crippen LogP contribution < -0.4 is 10.0 Å². The number of hydrogen-bond donors (Lipinski definition) is 2. The average molecular weight is 520 g/mol. The van der Waals surface area contributed by atoms with E-state index in [0.29, 0.717) is 10.6 Å². The van der Waals surface area contributed by atoms with Crippen LogP contribution in [0.2, 0.25) is 10.0 Å². The molecule has 0 atom stereocenters. The number of aryl methyl sites for hydroxylation is 1. The van der Waals surface area contributed by atoms with Crippen LogP contribution in [-0.2, 0) is 22.9 Å². The molecule has 1 aliphatic carbocycles. The molecule has 3 aromatic rings. The fourth-order valence-electron chi connectivity index (χ4n) is 3.71. The highest BCUT2D eigenvalue weighted by molar-refractivity contribution is 7.92. The normalized spacial score (nSPS) is 13.5. The number of thiophene rings is 1. The Kier molecular flexibility index (Phi) is 6.96. The molecular weight excluding hydrogens is 501 g/mol. The lowest BCUT2D eigenvalue weighted by molar-refractivity contribution is 0.102. The maximum atomic E-state index is 13.0. The molecule has 1 amide bonds. The zero-order valence-electron chi connectivity index (χ0n) is 17.3. The van der Waals surface area contributed by atoms with Crippen molar-refractivity contribution in [3.8, 4) is 6.07 Å². The van der Waals surface area contributed by atoms with Gasteiger partial charge in [0.25, 0.3) is 15.9 Å². The molecule has 0 spiro atoms. The molecule has 6 nitrogen and oxygen atoms in total. The molecule has 0 saturated carbocycles. The number of rotatable bonds is 5. The predicted molar refractivity (Wildman–Crippen MR) is 132 cm³/mol. The molecule has 10 heteroatoms. The van der Waals surface area contributed by atoms with Crippen LogP contribution in [0.15, 0.2) is 47.4 Å². The van der Waals surface area contributed by atoms with Crippen molar-refractivity contribution in [3.05, 3.63) is 74.1 Å². The lowest BCUT2D eigenvalue weighted by Gasteiger charge is -2.12. The molecule has 33 heavy (non-hydrogen) atoms. The number of hydrogen-bond acceptors (Lipinski definition) is 5. The Balaban J connectivity index is 1.63. The van der Waals surface area contributed by atoms with E-state index in [0.717, 1.165) is 42.5 Å². The standard InChI is InChI=1S/C23H19Cl2N3O3S2/c24-18-11-10-14(33(30,31)28-20-8-5-4-7-19(20)25)12-16(18)22(29)27-23-17(13-26)15-6-2-1-3-9-21(15)32-23/h4-5,7-8,10-12,28H,1-3,6,9H2,(H,27,29). The number of anilines is 2. The van der Waals surface area contributed by atoms with Crippen LogP contribution in [0.3, 0.4) is 0 Å². The summed E-state index contributed by atoms with van der Waals surface area (Å²) in [4.78, 5) is 14.0. The van der Waals surface area contributed by atoms with E-state index in [2.05, 4.69) is 16.1 Å². The number of nitrogens with one attached hydrogen (secondary N) is 2. The topological polar surface area (TPSA) is 99.1 Å². The van der Waals surface area contributed by atoms with Gasteiger partial charge in [0.05, 0.1) is 31.8 Å². The quantitative estimate of drug-likeness (QED) is 0.389. The van der Waals surface area contributed by atoms with Crippen LogP contribution in [0.4, 0.5) is 10.7 Å². The number of carbonyl (C=O) groups is 1. The summed E-state index contributed by atoms with van der Waals surface area (Å²) in [6, 6.07) is 12.5. The molecule has 0 aliphatic heterocycles. The molecule has 0 saturated heterocycles. The minimum absolute atomic E-state index is 0.00816. The molecular formula is C23H19Cl2N3O3S2. The summed E-state index contributed by atoms with van der Waals surface area (Å²) in [5.41, 5.74) is 1.69. The van der Waals surface area contributed by atoms with E-state index in [4.69, 9.17) is 23.2 Å². The molecule has 1 aliphatic rings. The van der Waals surface area contributed by atoms with Crippen molar-refractivity contribution in [3.63, 3.8) is 0 Å². The molecule has 0 bridgehead atoms. The van der Waals surface area contributed by atoms with E-state index in [1.807, 2.05) is 0 Å². The largest absolute Gasteiger partial charge is 0.312 e. The van der Waals surface area contributed by atoms with Crippen LogP contribution >= 0.6 is 34.5 Å². The maximum absolute atomic E-state index is 13.0. The van der Waals surface area contributed by atoms with Gasteiger partial charge in [-0.1, -0.05) is 41.8 Å². The Morgan fingerprint density at radius 2 is 1.79 bits per heavy atom. The van der Waals surface area contributed by atoms with Gasteiger partial charge in [-0.05, 0) is 61.6 Å². The zero-order valence-corrected chi connectivity index (χ0v) is 20.5. The van der Waals surface area contributed by atoms with Gasteiger partial charge in [0.15, 0.2) is 0 Å². The molecule has 0 unspecified atom stereocenters. The molecule has 170 valence electrons. The molecule has 2 N–H and O–H groups in total. The van der Waals surface area contributed by atoms with E-state index in [1.165, 1.54) is 35.6 Å². The molecule has 1 heterocycles. The number of nitriles is 1. The van der Waals surface area contributed by atoms with Gasteiger partial charge in [-0.25, -0.2) is 8.42 Å². The van der Waals surface area contributed by atoms with Gasteiger partial charge in [-0.15, -0.1) is 11.3 Å². The summed E-state index contributed by atoms with van der Waals surface area (Å²) >= 11 is 13.7. The molecule has 1 aromatic heterocycles. The second kappa shape index (κ2) is 9.74. The monoisotopic (exact) mass is 519 g/mol. The minimum atomic E-state index is -4.02. The van der Waals surface area contributed by atoms with Gasteiger partial charge in [0.1, 0.15) is 11.1 Å². The molecule has 2 aromatic carbocycles. The predicted octanol–water partition coefficient (Wildman–Crippen LogP) is 6.25. The number of sulfonamides is 1. The second-order valence-electron chi connectivity index (χ2n) is 7.56. The Bertz CT molecular complexity index is 1380. The van der Waals surface area contributed by atoms with Crippen molar-refractivity contribution in [1.29, 1.82) is 5.26 Å². The SMILES string of the molecule is N#Cc1c(NC(=O)c2cc(S(=O)(=O)Nc3ccccc3Cl)ccc2Cl)sc2c1CCCCC2. The summed E-state index contributed by atoms with van der Waals surface area (Å²) in [7, 11) is -4.02. The first-order chi connectivity index (χ1) is 15.8. The highest BCUT2D eigenvalue weighted by Gasteiger charge is 2.24. The van der Waals surface area contributed by atoms with Crippen LogP contribution in [0.25, 0.3) is 0 Å². The van der Waals surface area contributed by atoms with E-state index >= 15 is 0 Å². The van der Waals surface area contributed by atoms with Crippen molar-refractivity contribution < 1.29 is 13.2 Å². The number of benzene rings is 2. The lowest BCUT2D eigenvalue weighted by atomic mass is 10.1. The van der Waals surface area contributed by atoms with E-state index in [-0.39, 0.29) is 26.2 Å². The van der Waals surface area contributed by atoms with Gasteiger partial charge < -0.3 is 5.32 Å². The number of nitrogens with zero attached hydrogens (tertiary/aromatic N) is 1. The van der Waals surface area contributed by atoms with Crippen LogP contribution in [0, 0.1) is 11.3 Å². The highest BCUT2D eigenvalue weighted by Crippen LogP contribution is 2.37. The summed E-state index contributed by atoms with van der Waals surface area (Å²) in [5, 5.41) is 13.3. The first-order valence-electron chi connectivity index (χ1n) is 10.2. The number of amides is 1. The lowest BCUT2D eigenvalue weighted by Crippen LogP contribution is -2.16. The van der Waals surface area contributed by atoms with E-state index < -0.39 is 15.9 Å². The first-order valence-corrected chi connectivity index (χ1v) is 13.3. The Morgan fingerprint density at radius 1 is 1.03 bits per heavy atom. The number of halogens is 2. The summed E-state index contributed by atoms with van der Waals surface area (Å²) < 4.78 is 28.2. The number of para-hydroxylation sites is 1. The smallest absolute Gasteiger partial charge is 0.261 e. The maximum Gasteiger partial charge on any atom is 0.261 e. The van der Waals surface area contributed by atoms with Crippen molar-refractivity contribution in [1.82, 2.24) is 0 Å². The van der Waals surface area contributed by atoms with Gasteiger partial charge in [-0.2, -0.15) is 5.26 Å². The van der Waals surface area contributed by atoms with Crippen LogP contribution in [-0.4, -0.2) is 14.3 Å². The highest BCUT2D eigenvalue weighted by atomic mass is 35.5. The molecule has 4 rings (SSSR count). The molecule has 0 radical (unpaired) electrons. The van der Waals surface area contributed by atoms with Crippen molar-refractivity contribution in [2.75, 3.05) is 10.0 Å². The summed E-state index contributed by atoms with van der Waals surface area (Å²) in [6.45, 7) is 0. The van der Waals surface area contributed by atoms with E-state index in [1.54, 1.807) is 18.2 Å². The molecule has 0 fully saturated rings. The third-order valence-corrected chi connectivity index (χ3v) is 8.60. The second-order valence-corrected chi connectivity index (χ2v) is 11.2. The first kappa shape index (κ1) is 23.6. The number of carbonyl (C=O) groups excluding carboxylic acids is 1.